The first-order valence-corrected chi connectivity index (χ1v) is 12.7. The topological polar surface area (TPSA) is 256 Å². The van der Waals surface area contributed by atoms with Gasteiger partial charge in [0.15, 0.2) is 6.23 Å². The van der Waals surface area contributed by atoms with Crippen LogP contribution in [0.25, 0.3) is 0 Å². The summed E-state index contributed by atoms with van der Waals surface area (Å²) >= 11 is 3.86. The van der Waals surface area contributed by atoms with Gasteiger partial charge in [0.25, 0.3) is 15.6 Å². The normalized spacial score (nSPS) is 29.3. The lowest BCUT2D eigenvalue weighted by Gasteiger charge is -2.31. The minimum atomic E-state index is -5.84. The monoisotopic (exact) mass is 497 g/mol. The molecule has 1 saturated heterocycles. The molecule has 29 heavy (non-hydrogen) atoms. The third kappa shape index (κ3) is 6.95. The second kappa shape index (κ2) is 8.86. The van der Waals surface area contributed by atoms with Crippen LogP contribution in [0.1, 0.15) is 6.23 Å². The van der Waals surface area contributed by atoms with Crippen molar-refractivity contribution in [3.8, 4) is 5.88 Å². The van der Waals surface area contributed by atoms with E-state index in [4.69, 9.17) is 14.5 Å². The maximum absolute atomic E-state index is 11.7. The molecule has 1 aliphatic rings. The van der Waals surface area contributed by atoms with E-state index in [0.717, 1.165) is 12.3 Å². The first-order valence-electron chi connectivity index (χ1n) is 7.13. The largest absolute Gasteiger partial charge is 0.858 e. The number of hydrogen-bond acceptors (Lipinski definition) is 14. The fourth-order valence-electron chi connectivity index (χ4n) is 2.14. The number of aromatic nitrogens is 2. The number of ether oxygens (including phenoxy) is 1. The van der Waals surface area contributed by atoms with Gasteiger partial charge < -0.3 is 44.2 Å². The molecule has 2 rings (SSSR count). The van der Waals surface area contributed by atoms with Crippen LogP contribution in [-0.4, -0.2) is 54.5 Å². The van der Waals surface area contributed by atoms with Gasteiger partial charge in [-0.3, -0.25) is 13.7 Å². The first-order chi connectivity index (χ1) is 13.1. The van der Waals surface area contributed by atoms with Crippen LogP contribution in [0.5, 0.6) is 5.88 Å². The lowest BCUT2D eigenvalue weighted by Crippen LogP contribution is -2.36. The molecule has 20 heteroatoms. The minimum absolute atomic E-state index is 0.650. The van der Waals surface area contributed by atoms with Crippen molar-refractivity contribution in [2.24, 2.45) is 0 Å². The molecule has 1 aromatic heterocycles. The smallest absolute Gasteiger partial charge is 0.349 e. The van der Waals surface area contributed by atoms with Crippen LogP contribution >= 0.6 is 22.4 Å². The fourth-order valence-corrected chi connectivity index (χ4v) is 5.81. The van der Waals surface area contributed by atoms with Gasteiger partial charge in [0, 0.05) is 6.20 Å². The molecule has 0 aliphatic carbocycles. The van der Waals surface area contributed by atoms with Crippen molar-refractivity contribution in [3.63, 3.8) is 0 Å². The van der Waals surface area contributed by atoms with Crippen LogP contribution in [0.15, 0.2) is 17.1 Å². The third-order valence-electron chi connectivity index (χ3n) is 3.22. The average Bonchev–Trinajstić information content (AvgIpc) is 2.78. The van der Waals surface area contributed by atoms with Crippen molar-refractivity contribution in [1.29, 1.82) is 0 Å². The number of phosphoric acid groups is 2. The molecular formula is C9H12N2O14P3S-3. The van der Waals surface area contributed by atoms with Gasteiger partial charge in [0.2, 0.25) is 0 Å². The second-order valence-corrected chi connectivity index (χ2v) is 11.1. The zero-order chi connectivity index (χ0) is 22.2. The predicted molar refractivity (Wildman–Crippen MR) is 85.9 cm³/mol. The van der Waals surface area contributed by atoms with E-state index >= 15 is 0 Å². The van der Waals surface area contributed by atoms with E-state index in [1.807, 2.05) is 0 Å². The van der Waals surface area contributed by atoms with E-state index in [9.17, 15) is 39.0 Å². The molecule has 1 fully saturated rings. The molecule has 0 bridgehead atoms. The number of hydrogen-bond donors (Lipinski definition) is 4. The second-order valence-electron chi connectivity index (χ2n) is 5.35. The molecule has 166 valence electrons. The number of phosphoric ester groups is 1. The van der Waals surface area contributed by atoms with E-state index in [1.54, 1.807) is 0 Å². The van der Waals surface area contributed by atoms with Gasteiger partial charge in [-0.05, 0) is 23.8 Å². The van der Waals surface area contributed by atoms with Crippen molar-refractivity contribution in [2.75, 3.05) is 6.61 Å². The average molecular weight is 497 g/mol. The van der Waals surface area contributed by atoms with Gasteiger partial charge in [-0.25, -0.2) is 18.4 Å². The Balaban J connectivity index is 2.05. The summed E-state index contributed by atoms with van der Waals surface area (Å²) < 4.78 is 39.9. The Hall–Kier alpha value is -0.610. The summed E-state index contributed by atoms with van der Waals surface area (Å²) in [5.41, 5.74) is -1.12. The maximum Gasteiger partial charge on any atom is 0.349 e. The molecule has 4 N–H and O–H groups in total. The van der Waals surface area contributed by atoms with Gasteiger partial charge in [0.1, 0.15) is 18.3 Å². The highest BCUT2D eigenvalue weighted by atomic mass is 32.5. The third-order valence-corrected chi connectivity index (χ3v) is 7.54. The molecule has 0 amide bonds. The lowest BCUT2D eigenvalue weighted by atomic mass is 10.1. The Morgan fingerprint density at radius 3 is 2.38 bits per heavy atom. The lowest BCUT2D eigenvalue weighted by molar-refractivity contribution is -0.275. The summed E-state index contributed by atoms with van der Waals surface area (Å²) in [5.74, 6) is -0.871. The fraction of sp³-hybridized carbons (Fsp3) is 0.556. The van der Waals surface area contributed by atoms with E-state index in [1.165, 1.54) is 0 Å². The van der Waals surface area contributed by atoms with E-state index in [-0.39, 0.29) is 0 Å². The Morgan fingerprint density at radius 1 is 1.21 bits per heavy atom. The molecule has 1 aromatic rings. The highest BCUT2D eigenvalue weighted by molar-refractivity contribution is 8.08. The number of aliphatic hydroxyl groups excluding tert-OH is 2. The SMILES string of the molecule is O=c1nc([O-])ccn1C1OC(COP(=O)([O-])OP(=O)([O-])OP(O)(O)=S)C(O)C1O. The molecule has 16 nitrogen and oxygen atoms in total. The highest BCUT2D eigenvalue weighted by Gasteiger charge is 2.44. The van der Waals surface area contributed by atoms with Crippen LogP contribution in [0.2, 0.25) is 0 Å². The van der Waals surface area contributed by atoms with E-state index in [2.05, 4.69) is 29.9 Å². The number of nitrogens with zero attached hydrogens (tertiary/aromatic N) is 2. The number of rotatable bonds is 8. The zero-order valence-electron chi connectivity index (χ0n) is 13.7. The van der Waals surface area contributed by atoms with Crippen molar-refractivity contribution >= 4 is 34.2 Å². The Kier molecular flexibility index (Phi) is 7.54. The van der Waals surface area contributed by atoms with Crippen molar-refractivity contribution in [2.45, 2.75) is 24.5 Å². The molecule has 6 unspecified atom stereocenters. The molecule has 6 atom stereocenters. The molecule has 2 heterocycles. The molecule has 0 aromatic carbocycles. The Labute approximate surface area is 166 Å². The molecule has 0 saturated carbocycles. The Bertz CT molecular complexity index is 949. The molecule has 0 spiro atoms. The van der Waals surface area contributed by atoms with Gasteiger partial charge in [-0.1, -0.05) is 0 Å². The summed E-state index contributed by atoms with van der Waals surface area (Å²) in [7, 11) is -11.5. The summed E-state index contributed by atoms with van der Waals surface area (Å²) in [4.78, 5) is 55.0. The van der Waals surface area contributed by atoms with Crippen molar-refractivity contribution < 1.29 is 61.9 Å². The summed E-state index contributed by atoms with van der Waals surface area (Å²) in [5, 5.41) is 30.9. The standard InChI is InChI=1S/C9H15N2O14P3S/c12-5-1-2-11(9(15)10-5)8-7(14)6(13)4(23-8)3-22-26(16,17)24-27(18,19)25-28(20,21)29/h1-2,4,6-8,13-14H,3H2,(H,16,17)(H,18,19)(H,10,12,15)(H2,20,21,29)/p-3. The summed E-state index contributed by atoms with van der Waals surface area (Å²) in [6.45, 7) is -5.92. The summed E-state index contributed by atoms with van der Waals surface area (Å²) in [6, 6.07) is 0.864. The van der Waals surface area contributed by atoms with Crippen LogP contribution in [-0.2, 0) is 38.8 Å². The molecule has 0 radical (unpaired) electrons. The first kappa shape index (κ1) is 24.7. The molecular weight excluding hydrogens is 485 g/mol. The maximum atomic E-state index is 11.7. The highest BCUT2D eigenvalue weighted by Crippen LogP contribution is 2.62. The van der Waals surface area contributed by atoms with Crippen LogP contribution in [0.4, 0.5) is 0 Å². The van der Waals surface area contributed by atoms with Gasteiger partial charge >= 0.3 is 12.4 Å². The quantitative estimate of drug-likeness (QED) is 0.250. The van der Waals surface area contributed by atoms with E-state index < -0.39 is 65.1 Å². The molecule has 1 aliphatic heterocycles. The number of aliphatic hydroxyl groups is 2. The Morgan fingerprint density at radius 2 is 1.83 bits per heavy atom. The van der Waals surface area contributed by atoms with Crippen molar-refractivity contribution in [3.05, 3.63) is 22.7 Å². The van der Waals surface area contributed by atoms with Crippen molar-refractivity contribution in [1.82, 2.24) is 9.55 Å². The van der Waals surface area contributed by atoms with Crippen LogP contribution in [0.3, 0.4) is 0 Å². The van der Waals surface area contributed by atoms with Crippen LogP contribution in [0, 0.1) is 0 Å². The van der Waals surface area contributed by atoms with E-state index in [0.29, 0.717) is 4.57 Å². The van der Waals surface area contributed by atoms with Crippen LogP contribution < -0.4 is 20.6 Å². The zero-order valence-corrected chi connectivity index (χ0v) is 17.2. The van der Waals surface area contributed by atoms with Gasteiger partial charge in [-0.2, -0.15) is 0 Å². The van der Waals surface area contributed by atoms with Gasteiger partial charge in [-0.15, -0.1) is 0 Å². The summed E-state index contributed by atoms with van der Waals surface area (Å²) in [6.07, 6.45) is -5.85. The minimum Gasteiger partial charge on any atom is -0.858 e. The predicted octanol–water partition coefficient (Wildman–Crippen LogP) is -3.87. The van der Waals surface area contributed by atoms with Gasteiger partial charge in [0.05, 0.1) is 6.61 Å².